The summed E-state index contributed by atoms with van der Waals surface area (Å²) in [7, 11) is 1.68. The van der Waals surface area contributed by atoms with E-state index >= 15 is 0 Å². The fourth-order valence-electron chi connectivity index (χ4n) is 3.30. The predicted molar refractivity (Wildman–Crippen MR) is 121 cm³/mol. The topological polar surface area (TPSA) is 30.5 Å². The number of anilines is 1. The molecule has 0 saturated carbocycles. The van der Waals surface area contributed by atoms with Crippen molar-refractivity contribution in [3.8, 4) is 11.5 Å². The number of rotatable bonds is 9. The Hall–Kier alpha value is -3.20. The molecule has 1 N–H and O–H groups in total. The van der Waals surface area contributed by atoms with E-state index in [1.807, 2.05) is 30.3 Å². The Kier molecular flexibility index (Phi) is 6.96. The molecule has 0 bridgehead atoms. The third-order valence-corrected chi connectivity index (χ3v) is 4.88. The van der Waals surface area contributed by atoms with Gasteiger partial charge in [-0.1, -0.05) is 48.5 Å². The quantitative estimate of drug-likeness (QED) is 0.441. The Balaban J connectivity index is 1.82. The summed E-state index contributed by atoms with van der Waals surface area (Å²) in [5, 5.41) is 3.55. The zero-order chi connectivity index (χ0) is 20.6. The fraction of sp³-hybridized carbons (Fsp3) is 0.231. The second kappa shape index (κ2) is 9.83. The van der Waals surface area contributed by atoms with Crippen molar-refractivity contribution < 1.29 is 9.47 Å². The van der Waals surface area contributed by atoms with Gasteiger partial charge in [-0.25, -0.2) is 0 Å². The Bertz CT molecular complexity index is 964. The van der Waals surface area contributed by atoms with Gasteiger partial charge in [-0.3, -0.25) is 0 Å². The van der Waals surface area contributed by atoms with Crippen LogP contribution in [0.4, 0.5) is 5.69 Å². The van der Waals surface area contributed by atoms with Gasteiger partial charge in [0.1, 0.15) is 6.61 Å². The molecule has 0 atom stereocenters. The molecule has 0 fully saturated rings. The van der Waals surface area contributed by atoms with Crippen LogP contribution in [0.2, 0.25) is 0 Å². The van der Waals surface area contributed by atoms with Gasteiger partial charge >= 0.3 is 0 Å². The minimum Gasteiger partial charge on any atom is -0.493 e. The summed E-state index contributed by atoms with van der Waals surface area (Å²) >= 11 is 0. The van der Waals surface area contributed by atoms with E-state index < -0.39 is 0 Å². The lowest BCUT2D eigenvalue weighted by Gasteiger charge is -2.18. The van der Waals surface area contributed by atoms with Crippen molar-refractivity contribution in [2.24, 2.45) is 0 Å². The van der Waals surface area contributed by atoms with Crippen LogP contribution in [0.15, 0.2) is 73.3 Å². The highest BCUT2D eigenvalue weighted by molar-refractivity contribution is 5.55. The van der Waals surface area contributed by atoms with Gasteiger partial charge in [0, 0.05) is 17.8 Å². The van der Waals surface area contributed by atoms with Gasteiger partial charge in [-0.2, -0.15) is 0 Å². The first kappa shape index (κ1) is 20.5. The largest absolute Gasteiger partial charge is 0.493 e. The first-order valence-corrected chi connectivity index (χ1v) is 9.89. The van der Waals surface area contributed by atoms with E-state index in [0.29, 0.717) is 13.2 Å². The molecule has 0 saturated heterocycles. The summed E-state index contributed by atoms with van der Waals surface area (Å²) in [4.78, 5) is 0. The Morgan fingerprint density at radius 3 is 2.48 bits per heavy atom. The lowest BCUT2D eigenvalue weighted by Crippen LogP contribution is -2.05. The third-order valence-electron chi connectivity index (χ3n) is 4.88. The highest BCUT2D eigenvalue weighted by Crippen LogP contribution is 2.34. The third kappa shape index (κ3) is 5.41. The number of benzene rings is 3. The molecular formula is C26H29NO2. The van der Waals surface area contributed by atoms with Crippen LogP contribution in [0.1, 0.15) is 27.8 Å². The van der Waals surface area contributed by atoms with Crippen molar-refractivity contribution in [3.63, 3.8) is 0 Å². The van der Waals surface area contributed by atoms with Crippen LogP contribution in [0.25, 0.3) is 0 Å². The molecule has 150 valence electrons. The zero-order valence-corrected chi connectivity index (χ0v) is 17.5. The first-order valence-electron chi connectivity index (χ1n) is 9.89. The lowest BCUT2D eigenvalue weighted by molar-refractivity contribution is 0.281. The number of ether oxygens (including phenoxy) is 2. The molecule has 0 aliphatic heterocycles. The number of aryl methyl sites for hydroxylation is 2. The van der Waals surface area contributed by atoms with E-state index in [0.717, 1.165) is 40.3 Å². The highest BCUT2D eigenvalue weighted by Gasteiger charge is 2.13. The monoisotopic (exact) mass is 387 g/mol. The van der Waals surface area contributed by atoms with Crippen LogP contribution in [0.5, 0.6) is 11.5 Å². The van der Waals surface area contributed by atoms with Crippen LogP contribution in [0, 0.1) is 13.8 Å². The smallest absolute Gasteiger partial charge is 0.165 e. The number of hydrogen-bond acceptors (Lipinski definition) is 3. The van der Waals surface area contributed by atoms with Crippen LogP contribution in [0.3, 0.4) is 0 Å². The molecule has 0 aliphatic rings. The van der Waals surface area contributed by atoms with Crippen LogP contribution >= 0.6 is 0 Å². The molecule has 0 aliphatic carbocycles. The SMILES string of the molecule is C=CCc1cc(CNc2cc(C)ccc2C)cc(OC)c1OCc1ccccc1. The van der Waals surface area contributed by atoms with Gasteiger partial charge in [0.15, 0.2) is 11.5 Å². The van der Waals surface area contributed by atoms with E-state index in [1.165, 1.54) is 11.1 Å². The van der Waals surface area contributed by atoms with Gasteiger partial charge in [-0.05, 0) is 60.7 Å². The molecule has 3 aromatic rings. The van der Waals surface area contributed by atoms with Gasteiger partial charge in [0.2, 0.25) is 0 Å². The first-order chi connectivity index (χ1) is 14.1. The molecule has 0 spiro atoms. The van der Waals surface area contributed by atoms with Crippen molar-refractivity contribution in [3.05, 3.63) is 101 Å². The second-order valence-corrected chi connectivity index (χ2v) is 7.23. The summed E-state index contributed by atoms with van der Waals surface area (Å²) < 4.78 is 11.8. The predicted octanol–water partition coefficient (Wildman–Crippen LogP) is 6.23. The van der Waals surface area contributed by atoms with E-state index in [1.54, 1.807) is 7.11 Å². The number of methoxy groups -OCH3 is 1. The zero-order valence-electron chi connectivity index (χ0n) is 17.5. The van der Waals surface area contributed by atoms with Crippen LogP contribution in [-0.4, -0.2) is 7.11 Å². The van der Waals surface area contributed by atoms with E-state index in [-0.39, 0.29) is 0 Å². The van der Waals surface area contributed by atoms with Crippen LogP contribution in [-0.2, 0) is 19.6 Å². The standard InChI is InChI=1S/C26H29NO2/c1-5-9-23-15-22(17-27-24-14-19(2)12-13-20(24)3)16-25(28-4)26(23)29-18-21-10-7-6-8-11-21/h5-8,10-16,27H,1,9,17-18H2,2-4H3. The number of nitrogens with one attached hydrogen (secondary N) is 1. The summed E-state index contributed by atoms with van der Waals surface area (Å²) in [5.41, 5.74) is 6.97. The Morgan fingerprint density at radius 2 is 1.76 bits per heavy atom. The normalized spacial score (nSPS) is 10.4. The average Bonchev–Trinajstić information content (AvgIpc) is 2.74. The molecule has 3 nitrogen and oxygen atoms in total. The molecule has 0 heterocycles. The maximum atomic E-state index is 6.16. The fourth-order valence-corrected chi connectivity index (χ4v) is 3.30. The van der Waals surface area contributed by atoms with Crippen molar-refractivity contribution in [1.82, 2.24) is 0 Å². The molecule has 3 aromatic carbocycles. The maximum Gasteiger partial charge on any atom is 0.165 e. The minimum absolute atomic E-state index is 0.501. The van der Waals surface area contributed by atoms with Crippen LogP contribution < -0.4 is 14.8 Å². The van der Waals surface area contributed by atoms with E-state index in [4.69, 9.17) is 9.47 Å². The molecule has 0 radical (unpaired) electrons. The molecular weight excluding hydrogens is 358 g/mol. The van der Waals surface area contributed by atoms with E-state index in [2.05, 4.69) is 62.1 Å². The number of hydrogen-bond donors (Lipinski definition) is 1. The molecule has 29 heavy (non-hydrogen) atoms. The summed E-state index contributed by atoms with van der Waals surface area (Å²) in [5.74, 6) is 1.53. The Morgan fingerprint density at radius 1 is 0.966 bits per heavy atom. The average molecular weight is 388 g/mol. The van der Waals surface area contributed by atoms with Crippen molar-refractivity contribution >= 4 is 5.69 Å². The van der Waals surface area contributed by atoms with Gasteiger partial charge in [-0.15, -0.1) is 6.58 Å². The van der Waals surface area contributed by atoms with E-state index in [9.17, 15) is 0 Å². The second-order valence-electron chi connectivity index (χ2n) is 7.23. The summed E-state index contributed by atoms with van der Waals surface area (Å²) in [6.07, 6.45) is 2.61. The summed E-state index contributed by atoms with van der Waals surface area (Å²) in [6.45, 7) is 9.34. The number of allylic oxidation sites excluding steroid dienone is 1. The molecule has 0 aromatic heterocycles. The van der Waals surface area contributed by atoms with Crippen molar-refractivity contribution in [1.29, 1.82) is 0 Å². The van der Waals surface area contributed by atoms with Crippen molar-refractivity contribution in [2.75, 3.05) is 12.4 Å². The highest BCUT2D eigenvalue weighted by atomic mass is 16.5. The molecule has 3 heteroatoms. The Labute approximate surface area is 174 Å². The summed E-state index contributed by atoms with van der Waals surface area (Å²) in [6, 6.07) is 20.8. The molecule has 3 rings (SSSR count). The molecule has 0 amide bonds. The van der Waals surface area contributed by atoms with Gasteiger partial charge in [0.25, 0.3) is 0 Å². The molecule has 0 unspecified atom stereocenters. The minimum atomic E-state index is 0.501. The maximum absolute atomic E-state index is 6.16. The van der Waals surface area contributed by atoms with Gasteiger partial charge in [0.05, 0.1) is 7.11 Å². The van der Waals surface area contributed by atoms with Gasteiger partial charge < -0.3 is 14.8 Å². The van der Waals surface area contributed by atoms with Crippen molar-refractivity contribution in [2.45, 2.75) is 33.4 Å². The lowest BCUT2D eigenvalue weighted by atomic mass is 10.0.